The maximum Gasteiger partial charge on any atom is 0.0547 e. The van der Waals surface area contributed by atoms with E-state index in [9.17, 15) is 0 Å². The molecule has 52 heavy (non-hydrogen) atoms. The molecule has 0 amide bonds. The average molecular weight is 663 g/mol. The van der Waals surface area contributed by atoms with Crippen LogP contribution < -0.4 is 4.90 Å². The van der Waals surface area contributed by atoms with Crippen molar-refractivity contribution in [3.8, 4) is 27.9 Å². The van der Waals surface area contributed by atoms with Crippen molar-refractivity contribution in [2.75, 3.05) is 4.90 Å². The van der Waals surface area contributed by atoms with E-state index in [1.165, 1.54) is 65.6 Å². The third kappa shape index (κ3) is 5.04. The fraction of sp³-hybridized carbons (Fsp3) is 0. The second-order valence-corrected chi connectivity index (χ2v) is 13.4. The number of fused-ring (bicyclic) bond motifs is 6. The molecular formula is C50H34N2. The van der Waals surface area contributed by atoms with Gasteiger partial charge in [-0.3, -0.25) is 0 Å². The zero-order valence-electron chi connectivity index (χ0n) is 28.5. The predicted octanol–water partition coefficient (Wildman–Crippen LogP) is 13.9. The Morgan fingerprint density at radius 3 is 1.79 bits per heavy atom. The lowest BCUT2D eigenvalue weighted by Crippen LogP contribution is -2.09. The Hall–Kier alpha value is -6.90. The molecule has 0 unspecified atom stereocenters. The van der Waals surface area contributed by atoms with E-state index in [0.29, 0.717) is 0 Å². The van der Waals surface area contributed by atoms with E-state index in [2.05, 4.69) is 216 Å². The van der Waals surface area contributed by atoms with E-state index < -0.39 is 0 Å². The van der Waals surface area contributed by atoms with Crippen LogP contribution in [0.4, 0.5) is 17.1 Å². The molecule has 0 aliphatic carbocycles. The maximum absolute atomic E-state index is 2.38. The fourth-order valence-corrected chi connectivity index (χ4v) is 7.95. The van der Waals surface area contributed by atoms with Crippen molar-refractivity contribution in [1.29, 1.82) is 0 Å². The number of anilines is 3. The van der Waals surface area contributed by atoms with Gasteiger partial charge in [0, 0.05) is 33.5 Å². The molecule has 2 nitrogen and oxygen atoms in total. The van der Waals surface area contributed by atoms with Crippen molar-refractivity contribution in [3.05, 3.63) is 206 Å². The minimum Gasteiger partial charge on any atom is -0.310 e. The second kappa shape index (κ2) is 12.5. The van der Waals surface area contributed by atoms with Crippen LogP contribution in [0.2, 0.25) is 0 Å². The van der Waals surface area contributed by atoms with Crippen LogP contribution in [-0.4, -0.2) is 4.57 Å². The number of nitrogens with zero attached hydrogens (tertiary/aromatic N) is 2. The molecule has 2 heteroatoms. The first kappa shape index (κ1) is 30.0. The van der Waals surface area contributed by atoms with Crippen LogP contribution >= 0.6 is 0 Å². The lowest BCUT2D eigenvalue weighted by molar-refractivity contribution is 1.18. The molecule has 0 aliphatic heterocycles. The Morgan fingerprint density at radius 2 is 0.942 bits per heavy atom. The SMILES string of the molecule is c1ccc(N(c2ccc(-c3ccc4c(ccc5ccccc54)c3)cc2)c2cccc(-c3cccc4c3c3ccccc3n4-c3ccccc3)c2)cc1. The van der Waals surface area contributed by atoms with Crippen molar-refractivity contribution >= 4 is 60.4 Å². The zero-order valence-corrected chi connectivity index (χ0v) is 28.5. The number of benzene rings is 9. The smallest absolute Gasteiger partial charge is 0.0547 e. The average Bonchev–Trinajstić information content (AvgIpc) is 3.56. The number of hydrogen-bond donors (Lipinski definition) is 0. The lowest BCUT2D eigenvalue weighted by atomic mass is 9.97. The Balaban J connectivity index is 1.07. The topological polar surface area (TPSA) is 8.17 Å². The summed E-state index contributed by atoms with van der Waals surface area (Å²) in [4.78, 5) is 2.35. The number of aromatic nitrogens is 1. The predicted molar refractivity (Wildman–Crippen MR) is 221 cm³/mol. The van der Waals surface area contributed by atoms with Gasteiger partial charge >= 0.3 is 0 Å². The van der Waals surface area contributed by atoms with E-state index in [4.69, 9.17) is 0 Å². The molecule has 9 aromatic carbocycles. The third-order valence-corrected chi connectivity index (χ3v) is 10.3. The van der Waals surface area contributed by atoms with Gasteiger partial charge in [0.15, 0.2) is 0 Å². The Bertz CT molecular complexity index is 2890. The van der Waals surface area contributed by atoms with Gasteiger partial charge in [0.05, 0.1) is 11.0 Å². The molecule has 1 aromatic heterocycles. The van der Waals surface area contributed by atoms with Crippen molar-refractivity contribution in [2.45, 2.75) is 0 Å². The summed E-state index contributed by atoms with van der Waals surface area (Å²) in [6, 6.07) is 74.6. The van der Waals surface area contributed by atoms with Crippen LogP contribution in [0, 0.1) is 0 Å². The molecule has 0 saturated carbocycles. The molecule has 0 saturated heterocycles. The zero-order chi connectivity index (χ0) is 34.4. The first-order chi connectivity index (χ1) is 25.8. The van der Waals surface area contributed by atoms with Gasteiger partial charge in [0.1, 0.15) is 0 Å². The molecule has 0 aliphatic rings. The molecule has 0 bridgehead atoms. The van der Waals surface area contributed by atoms with E-state index in [1.54, 1.807) is 0 Å². The minimum absolute atomic E-state index is 1.11. The Kier molecular flexibility index (Phi) is 7.18. The van der Waals surface area contributed by atoms with Gasteiger partial charge in [-0.1, -0.05) is 140 Å². The summed E-state index contributed by atoms with van der Waals surface area (Å²) >= 11 is 0. The second-order valence-electron chi connectivity index (χ2n) is 13.4. The Morgan fingerprint density at radius 1 is 0.327 bits per heavy atom. The molecule has 10 rings (SSSR count). The largest absolute Gasteiger partial charge is 0.310 e. The molecule has 0 radical (unpaired) electrons. The number of para-hydroxylation sites is 3. The summed E-state index contributed by atoms with van der Waals surface area (Å²) in [6.45, 7) is 0. The van der Waals surface area contributed by atoms with Crippen LogP contribution in [-0.2, 0) is 0 Å². The van der Waals surface area contributed by atoms with E-state index in [0.717, 1.165) is 22.7 Å². The van der Waals surface area contributed by atoms with Gasteiger partial charge in [0.2, 0.25) is 0 Å². The van der Waals surface area contributed by atoms with Crippen LogP contribution in [0.1, 0.15) is 0 Å². The summed E-state index contributed by atoms with van der Waals surface area (Å²) < 4.78 is 2.38. The lowest BCUT2D eigenvalue weighted by Gasteiger charge is -2.26. The molecule has 244 valence electrons. The molecule has 0 atom stereocenters. The van der Waals surface area contributed by atoms with Crippen LogP contribution in [0.15, 0.2) is 206 Å². The van der Waals surface area contributed by atoms with Gasteiger partial charge < -0.3 is 9.47 Å². The summed E-state index contributed by atoms with van der Waals surface area (Å²) in [7, 11) is 0. The highest BCUT2D eigenvalue weighted by Crippen LogP contribution is 2.42. The number of rotatable bonds is 6. The van der Waals surface area contributed by atoms with E-state index in [1.807, 2.05) is 0 Å². The fourth-order valence-electron chi connectivity index (χ4n) is 7.95. The Labute approximate surface area is 303 Å². The van der Waals surface area contributed by atoms with Crippen molar-refractivity contribution in [2.24, 2.45) is 0 Å². The van der Waals surface area contributed by atoms with Gasteiger partial charge in [-0.25, -0.2) is 0 Å². The maximum atomic E-state index is 2.38. The molecular weight excluding hydrogens is 629 g/mol. The minimum atomic E-state index is 1.11. The normalized spacial score (nSPS) is 11.5. The molecule has 0 fully saturated rings. The van der Waals surface area contributed by atoms with Crippen LogP contribution in [0.3, 0.4) is 0 Å². The summed E-state index contributed by atoms with van der Waals surface area (Å²) in [5, 5.41) is 7.62. The summed E-state index contributed by atoms with van der Waals surface area (Å²) in [6.07, 6.45) is 0. The summed E-state index contributed by atoms with van der Waals surface area (Å²) in [5.74, 6) is 0. The molecule has 10 aromatic rings. The standard InChI is InChI=1S/C50H34N2/c1-3-15-40(16-4-1)51(42-30-27-35(28-31-42)37-29-32-45-39(33-37)26-25-36-13-7-8-20-44(36)45)43-19-11-14-38(34-43)46-22-12-24-49-50(46)47-21-9-10-23-48(47)52(49)41-17-5-2-6-18-41/h1-34H. The van der Waals surface area contributed by atoms with Crippen LogP contribution in [0.5, 0.6) is 0 Å². The van der Waals surface area contributed by atoms with E-state index >= 15 is 0 Å². The molecule has 0 spiro atoms. The van der Waals surface area contributed by atoms with Gasteiger partial charge in [-0.2, -0.15) is 0 Å². The van der Waals surface area contributed by atoms with Crippen molar-refractivity contribution in [1.82, 2.24) is 4.57 Å². The quantitative estimate of drug-likeness (QED) is 0.161. The van der Waals surface area contributed by atoms with Gasteiger partial charge in [0.25, 0.3) is 0 Å². The molecule has 1 heterocycles. The summed E-state index contributed by atoms with van der Waals surface area (Å²) in [5.41, 5.74) is 11.7. The highest BCUT2D eigenvalue weighted by atomic mass is 15.1. The monoisotopic (exact) mass is 662 g/mol. The third-order valence-electron chi connectivity index (χ3n) is 10.3. The number of hydrogen-bond acceptors (Lipinski definition) is 1. The first-order valence-corrected chi connectivity index (χ1v) is 17.9. The highest BCUT2D eigenvalue weighted by molar-refractivity contribution is 6.16. The van der Waals surface area contributed by atoms with Crippen LogP contribution in [0.25, 0.3) is 71.3 Å². The highest BCUT2D eigenvalue weighted by Gasteiger charge is 2.18. The van der Waals surface area contributed by atoms with Gasteiger partial charge in [-0.05, 0) is 111 Å². The van der Waals surface area contributed by atoms with Crippen molar-refractivity contribution < 1.29 is 0 Å². The van der Waals surface area contributed by atoms with Gasteiger partial charge in [-0.15, -0.1) is 0 Å². The molecule has 0 N–H and O–H groups in total. The van der Waals surface area contributed by atoms with Crippen molar-refractivity contribution in [3.63, 3.8) is 0 Å². The van der Waals surface area contributed by atoms with E-state index in [-0.39, 0.29) is 0 Å². The first-order valence-electron chi connectivity index (χ1n) is 17.9.